The molecule has 0 saturated carbocycles. The van der Waals surface area contributed by atoms with E-state index in [9.17, 15) is 17.6 Å². The summed E-state index contributed by atoms with van der Waals surface area (Å²) in [6.07, 6.45) is -4.83. The first kappa shape index (κ1) is 19.3. The quantitative estimate of drug-likeness (QED) is 0.548. The Kier molecular flexibility index (Phi) is 5.17. The van der Waals surface area contributed by atoms with Crippen LogP contribution in [0.4, 0.5) is 17.6 Å². The van der Waals surface area contributed by atoms with Crippen molar-refractivity contribution < 1.29 is 17.6 Å². The van der Waals surface area contributed by atoms with Gasteiger partial charge in [-0.3, -0.25) is 0 Å². The number of rotatable bonds is 3. The van der Waals surface area contributed by atoms with Crippen molar-refractivity contribution in [2.75, 3.05) is 0 Å². The SMILES string of the molecule is CC(=N)/C(=C(\N)C(F)(F)F)c1nc(C(C)C)c2cc(Br)c(F)cc2n1. The fourth-order valence-electron chi connectivity index (χ4n) is 2.33. The zero-order valence-corrected chi connectivity index (χ0v) is 15.2. The van der Waals surface area contributed by atoms with E-state index in [-0.39, 0.29) is 21.7 Å². The van der Waals surface area contributed by atoms with Crippen LogP contribution in [0.2, 0.25) is 0 Å². The zero-order valence-electron chi connectivity index (χ0n) is 13.6. The van der Waals surface area contributed by atoms with Crippen molar-refractivity contribution >= 4 is 38.1 Å². The molecule has 2 rings (SSSR count). The first-order chi connectivity index (χ1) is 11.4. The molecule has 1 aromatic heterocycles. The smallest absolute Gasteiger partial charge is 0.394 e. The molecule has 1 heterocycles. The minimum Gasteiger partial charge on any atom is -0.394 e. The molecule has 0 bridgehead atoms. The number of aromatic nitrogens is 2. The first-order valence-corrected chi connectivity index (χ1v) is 8.02. The molecule has 0 fully saturated rings. The van der Waals surface area contributed by atoms with Gasteiger partial charge in [-0.1, -0.05) is 13.8 Å². The van der Waals surface area contributed by atoms with E-state index in [0.717, 1.165) is 6.07 Å². The van der Waals surface area contributed by atoms with Gasteiger partial charge in [-0.05, 0) is 34.8 Å². The third kappa shape index (κ3) is 3.81. The lowest BCUT2D eigenvalue weighted by Gasteiger charge is -2.16. The number of allylic oxidation sites excluding steroid dienone is 2. The highest BCUT2D eigenvalue weighted by atomic mass is 79.9. The van der Waals surface area contributed by atoms with Gasteiger partial charge in [-0.15, -0.1) is 0 Å². The topological polar surface area (TPSA) is 75.7 Å². The van der Waals surface area contributed by atoms with Crippen LogP contribution in [0.5, 0.6) is 0 Å². The fraction of sp³-hybridized carbons (Fsp3) is 0.312. The van der Waals surface area contributed by atoms with Crippen molar-refractivity contribution in [1.82, 2.24) is 9.97 Å². The van der Waals surface area contributed by atoms with Crippen molar-refractivity contribution in [1.29, 1.82) is 5.41 Å². The van der Waals surface area contributed by atoms with Crippen LogP contribution >= 0.6 is 15.9 Å². The van der Waals surface area contributed by atoms with Gasteiger partial charge in [0.1, 0.15) is 11.5 Å². The predicted octanol–water partition coefficient (Wildman–Crippen LogP) is 4.93. The largest absolute Gasteiger partial charge is 0.431 e. The van der Waals surface area contributed by atoms with Gasteiger partial charge in [0.2, 0.25) is 0 Å². The number of nitrogens with one attached hydrogen (secondary N) is 1. The molecule has 3 N–H and O–H groups in total. The summed E-state index contributed by atoms with van der Waals surface area (Å²) in [6.45, 7) is 4.77. The number of nitrogens with two attached hydrogens (primary N) is 1. The molecular weight excluding hydrogens is 404 g/mol. The van der Waals surface area contributed by atoms with E-state index >= 15 is 0 Å². The summed E-state index contributed by atoms with van der Waals surface area (Å²) >= 11 is 3.08. The van der Waals surface area contributed by atoms with E-state index in [1.807, 2.05) is 0 Å². The molecule has 0 radical (unpaired) electrons. The summed E-state index contributed by atoms with van der Waals surface area (Å²) in [5, 5.41) is 8.18. The molecule has 0 aliphatic rings. The number of hydrogen-bond donors (Lipinski definition) is 2. The van der Waals surface area contributed by atoms with Gasteiger partial charge in [-0.25, -0.2) is 14.4 Å². The molecule has 134 valence electrons. The van der Waals surface area contributed by atoms with Crippen molar-refractivity contribution in [2.24, 2.45) is 5.73 Å². The number of halogens is 5. The zero-order chi connectivity index (χ0) is 19.1. The van der Waals surface area contributed by atoms with Crippen molar-refractivity contribution in [3.05, 3.63) is 39.6 Å². The molecule has 2 aromatic rings. The second kappa shape index (κ2) is 6.70. The minimum atomic E-state index is -4.83. The highest BCUT2D eigenvalue weighted by Gasteiger charge is 2.36. The van der Waals surface area contributed by atoms with Crippen LogP contribution < -0.4 is 5.73 Å². The van der Waals surface area contributed by atoms with Gasteiger partial charge >= 0.3 is 6.18 Å². The molecule has 0 aliphatic heterocycles. The van der Waals surface area contributed by atoms with Crippen LogP contribution in [0.3, 0.4) is 0 Å². The summed E-state index contributed by atoms with van der Waals surface area (Å²) in [6, 6.07) is 2.59. The minimum absolute atomic E-state index is 0.142. The summed E-state index contributed by atoms with van der Waals surface area (Å²) < 4.78 is 53.2. The molecule has 0 saturated heterocycles. The number of nitrogens with zero attached hydrogens (tertiary/aromatic N) is 2. The van der Waals surface area contributed by atoms with Gasteiger partial charge in [0.05, 0.1) is 21.3 Å². The molecular formula is C16H15BrF4N4. The van der Waals surface area contributed by atoms with Crippen molar-refractivity contribution in [3.63, 3.8) is 0 Å². The number of fused-ring (bicyclic) bond motifs is 1. The Morgan fingerprint density at radius 3 is 2.32 bits per heavy atom. The van der Waals surface area contributed by atoms with Crippen LogP contribution in [0.15, 0.2) is 22.3 Å². The number of benzene rings is 1. The standard InChI is InChI=1S/C16H15BrF4N4/c1-6(2)13-8-4-9(17)10(18)5-11(8)24-15(25-13)12(7(3)22)14(23)16(19,20)21/h4-6,22H,23H2,1-3H3/b14-12+,22-7?. The lowest BCUT2D eigenvalue weighted by atomic mass is 10.0. The van der Waals surface area contributed by atoms with Gasteiger partial charge in [0.25, 0.3) is 0 Å². The third-order valence-corrected chi connectivity index (χ3v) is 4.10. The van der Waals surface area contributed by atoms with Crippen LogP contribution in [0.25, 0.3) is 16.5 Å². The van der Waals surface area contributed by atoms with Crippen molar-refractivity contribution in [2.45, 2.75) is 32.9 Å². The number of hydrogen-bond acceptors (Lipinski definition) is 4. The lowest BCUT2D eigenvalue weighted by molar-refractivity contribution is -0.0919. The van der Waals surface area contributed by atoms with Crippen LogP contribution in [-0.2, 0) is 0 Å². The Bertz CT molecular complexity index is 888. The summed E-state index contributed by atoms with van der Waals surface area (Å²) in [5.41, 5.74) is 3.29. The average molecular weight is 419 g/mol. The second-order valence-electron chi connectivity index (χ2n) is 5.78. The Morgan fingerprint density at radius 2 is 1.84 bits per heavy atom. The molecule has 9 heteroatoms. The van der Waals surface area contributed by atoms with E-state index in [4.69, 9.17) is 11.1 Å². The van der Waals surface area contributed by atoms with E-state index in [1.54, 1.807) is 13.8 Å². The Morgan fingerprint density at radius 1 is 1.24 bits per heavy atom. The monoisotopic (exact) mass is 418 g/mol. The van der Waals surface area contributed by atoms with E-state index in [2.05, 4.69) is 25.9 Å². The molecule has 1 aromatic carbocycles. The maximum atomic E-state index is 13.9. The normalized spacial score (nSPS) is 13.3. The van der Waals surface area contributed by atoms with Crippen LogP contribution in [0, 0.1) is 11.2 Å². The Labute approximate surface area is 149 Å². The molecule has 0 aliphatic carbocycles. The van der Waals surface area contributed by atoms with Gasteiger partial charge in [0, 0.05) is 17.2 Å². The first-order valence-electron chi connectivity index (χ1n) is 7.23. The Balaban J connectivity index is 2.90. The molecule has 0 atom stereocenters. The summed E-state index contributed by atoms with van der Waals surface area (Å²) in [7, 11) is 0. The third-order valence-electron chi connectivity index (χ3n) is 3.49. The maximum absolute atomic E-state index is 13.9. The number of alkyl halides is 3. The maximum Gasteiger partial charge on any atom is 0.431 e. The van der Waals surface area contributed by atoms with Gasteiger partial charge in [0.15, 0.2) is 5.82 Å². The molecule has 4 nitrogen and oxygen atoms in total. The fourth-order valence-corrected chi connectivity index (χ4v) is 2.67. The van der Waals surface area contributed by atoms with E-state index < -0.39 is 29.0 Å². The van der Waals surface area contributed by atoms with Gasteiger partial charge < -0.3 is 11.1 Å². The Hall–Kier alpha value is -2.03. The highest BCUT2D eigenvalue weighted by Crippen LogP contribution is 2.32. The lowest BCUT2D eigenvalue weighted by Crippen LogP contribution is -2.24. The second-order valence-corrected chi connectivity index (χ2v) is 6.64. The van der Waals surface area contributed by atoms with Gasteiger partial charge in [-0.2, -0.15) is 13.2 Å². The predicted molar refractivity (Wildman–Crippen MR) is 91.8 cm³/mol. The summed E-state index contributed by atoms with van der Waals surface area (Å²) in [5.74, 6) is -1.12. The van der Waals surface area contributed by atoms with Crippen LogP contribution in [0.1, 0.15) is 38.2 Å². The van der Waals surface area contributed by atoms with E-state index in [0.29, 0.717) is 11.1 Å². The average Bonchev–Trinajstić information content (AvgIpc) is 2.46. The highest BCUT2D eigenvalue weighted by molar-refractivity contribution is 9.10. The van der Waals surface area contributed by atoms with Crippen LogP contribution in [-0.4, -0.2) is 21.9 Å². The van der Waals surface area contributed by atoms with Crippen molar-refractivity contribution in [3.8, 4) is 0 Å². The van der Waals surface area contributed by atoms with E-state index in [1.165, 1.54) is 13.0 Å². The molecule has 0 spiro atoms. The summed E-state index contributed by atoms with van der Waals surface area (Å²) in [4.78, 5) is 8.22. The molecule has 0 unspecified atom stereocenters. The molecule has 25 heavy (non-hydrogen) atoms. The molecule has 0 amide bonds.